The first-order valence-corrected chi connectivity index (χ1v) is 7.53. The van der Waals surface area contributed by atoms with Gasteiger partial charge in [-0.05, 0) is 43.2 Å². The molecule has 1 N–H and O–H groups in total. The van der Waals surface area contributed by atoms with E-state index in [1.165, 1.54) is 16.2 Å². The zero-order chi connectivity index (χ0) is 15.7. The number of hydrogen-bond donors (Lipinski definition) is 1. The average Bonchev–Trinajstić information content (AvgIpc) is 2.26. The van der Waals surface area contributed by atoms with Crippen LogP contribution in [0.15, 0.2) is 24.3 Å². The topological polar surface area (TPSA) is 23.5 Å². The molecular formula is C18H31NO. The molecule has 2 heteroatoms. The van der Waals surface area contributed by atoms with Gasteiger partial charge < -0.3 is 5.21 Å². The van der Waals surface area contributed by atoms with E-state index in [2.05, 4.69) is 58.9 Å². The smallest absolute Gasteiger partial charge is 0.0628 e. The van der Waals surface area contributed by atoms with Crippen molar-refractivity contribution in [3.63, 3.8) is 0 Å². The largest absolute Gasteiger partial charge is 0.313 e. The van der Waals surface area contributed by atoms with Gasteiger partial charge in [-0.3, -0.25) is 0 Å². The molecule has 114 valence electrons. The second kappa shape index (κ2) is 5.87. The zero-order valence-corrected chi connectivity index (χ0v) is 14.4. The number of hydroxylamine groups is 2. The minimum absolute atomic E-state index is 0.0176. The Bertz CT molecular complexity index is 420. The van der Waals surface area contributed by atoms with Crippen LogP contribution in [-0.2, 0) is 5.41 Å². The van der Waals surface area contributed by atoms with Gasteiger partial charge in [0.05, 0.1) is 6.04 Å². The van der Waals surface area contributed by atoms with Gasteiger partial charge >= 0.3 is 0 Å². The van der Waals surface area contributed by atoms with Gasteiger partial charge in [0, 0.05) is 5.54 Å². The van der Waals surface area contributed by atoms with Crippen molar-refractivity contribution in [2.45, 2.75) is 72.4 Å². The van der Waals surface area contributed by atoms with E-state index in [-0.39, 0.29) is 17.0 Å². The van der Waals surface area contributed by atoms with Crippen LogP contribution in [0.2, 0.25) is 0 Å². The maximum atomic E-state index is 10.5. The quantitative estimate of drug-likeness (QED) is 0.770. The molecule has 2 nitrogen and oxygen atoms in total. The average molecular weight is 277 g/mol. The second-order valence-corrected chi connectivity index (χ2v) is 8.08. The Labute approximate surface area is 124 Å². The predicted molar refractivity (Wildman–Crippen MR) is 86.1 cm³/mol. The molecule has 1 atom stereocenters. The normalized spacial score (nSPS) is 14.9. The van der Waals surface area contributed by atoms with Crippen molar-refractivity contribution in [2.24, 2.45) is 5.92 Å². The summed E-state index contributed by atoms with van der Waals surface area (Å²) in [4.78, 5) is 0. The summed E-state index contributed by atoms with van der Waals surface area (Å²) < 4.78 is 0. The Morgan fingerprint density at radius 3 is 1.65 bits per heavy atom. The molecule has 0 aliphatic rings. The Hall–Kier alpha value is -0.860. The fraction of sp³-hybridized carbons (Fsp3) is 0.667. The molecule has 0 aromatic heterocycles. The Kier molecular flexibility index (Phi) is 5.04. The molecule has 0 spiro atoms. The third-order valence-electron chi connectivity index (χ3n) is 3.70. The fourth-order valence-electron chi connectivity index (χ4n) is 2.41. The van der Waals surface area contributed by atoms with E-state index in [0.717, 1.165) is 0 Å². The Morgan fingerprint density at radius 1 is 0.900 bits per heavy atom. The lowest BCUT2D eigenvalue weighted by Gasteiger charge is -2.39. The van der Waals surface area contributed by atoms with Crippen molar-refractivity contribution in [1.29, 1.82) is 0 Å². The SMILES string of the molecule is CC(C)[C@@H](c1ccc(C(C)(C)C)cc1)N(O)C(C)(C)C. The van der Waals surface area contributed by atoms with Crippen LogP contribution in [0.25, 0.3) is 0 Å². The highest BCUT2D eigenvalue weighted by Crippen LogP contribution is 2.33. The summed E-state index contributed by atoms with van der Waals surface area (Å²) in [6.45, 7) is 17.1. The van der Waals surface area contributed by atoms with Crippen LogP contribution in [0.5, 0.6) is 0 Å². The van der Waals surface area contributed by atoms with Gasteiger partial charge in [-0.1, -0.05) is 58.9 Å². The van der Waals surface area contributed by atoms with E-state index >= 15 is 0 Å². The van der Waals surface area contributed by atoms with Gasteiger partial charge in [-0.15, -0.1) is 0 Å². The van der Waals surface area contributed by atoms with Crippen LogP contribution in [0.3, 0.4) is 0 Å². The van der Waals surface area contributed by atoms with Crippen molar-refractivity contribution in [1.82, 2.24) is 5.06 Å². The molecule has 1 aromatic carbocycles. The number of rotatable bonds is 3. The second-order valence-electron chi connectivity index (χ2n) is 8.08. The van der Waals surface area contributed by atoms with Crippen LogP contribution < -0.4 is 0 Å². The summed E-state index contributed by atoms with van der Waals surface area (Å²) in [5.74, 6) is 0.347. The zero-order valence-electron chi connectivity index (χ0n) is 14.4. The van der Waals surface area contributed by atoms with Gasteiger partial charge in [0.25, 0.3) is 0 Å². The van der Waals surface area contributed by atoms with E-state index in [1.54, 1.807) is 0 Å². The first-order chi connectivity index (χ1) is 8.94. The summed E-state index contributed by atoms with van der Waals surface area (Å²) >= 11 is 0. The van der Waals surface area contributed by atoms with E-state index in [9.17, 15) is 5.21 Å². The van der Waals surface area contributed by atoms with E-state index in [1.807, 2.05) is 20.8 Å². The first-order valence-electron chi connectivity index (χ1n) is 7.53. The van der Waals surface area contributed by atoms with Gasteiger partial charge in [-0.2, -0.15) is 5.06 Å². The molecular weight excluding hydrogens is 246 g/mol. The highest BCUT2D eigenvalue weighted by Gasteiger charge is 2.31. The Balaban J connectivity index is 3.12. The maximum Gasteiger partial charge on any atom is 0.0628 e. The molecule has 0 radical (unpaired) electrons. The van der Waals surface area contributed by atoms with E-state index in [0.29, 0.717) is 5.92 Å². The number of benzene rings is 1. The first kappa shape index (κ1) is 17.2. The molecule has 0 saturated carbocycles. The van der Waals surface area contributed by atoms with Gasteiger partial charge in [0.15, 0.2) is 0 Å². The molecule has 0 bridgehead atoms. The molecule has 20 heavy (non-hydrogen) atoms. The van der Waals surface area contributed by atoms with Crippen LogP contribution in [0.1, 0.15) is 72.6 Å². The molecule has 0 unspecified atom stereocenters. The van der Waals surface area contributed by atoms with Crippen LogP contribution >= 0.6 is 0 Å². The van der Waals surface area contributed by atoms with Gasteiger partial charge in [0.2, 0.25) is 0 Å². The van der Waals surface area contributed by atoms with Gasteiger partial charge in [-0.25, -0.2) is 0 Å². The van der Waals surface area contributed by atoms with E-state index < -0.39 is 0 Å². The summed E-state index contributed by atoms with van der Waals surface area (Å²) in [5, 5.41) is 12.0. The van der Waals surface area contributed by atoms with Gasteiger partial charge in [0.1, 0.15) is 0 Å². The number of hydrogen-bond acceptors (Lipinski definition) is 2. The predicted octanol–water partition coefficient (Wildman–Crippen LogP) is 5.17. The molecule has 0 heterocycles. The monoisotopic (exact) mass is 277 g/mol. The summed E-state index contributed by atoms with van der Waals surface area (Å²) in [6.07, 6.45) is 0. The molecule has 0 aliphatic heterocycles. The third kappa shape index (κ3) is 4.07. The summed E-state index contributed by atoms with van der Waals surface area (Å²) in [5.41, 5.74) is 2.39. The molecule has 1 aromatic rings. The lowest BCUT2D eigenvalue weighted by molar-refractivity contribution is -0.199. The van der Waals surface area contributed by atoms with Crippen molar-refractivity contribution in [3.05, 3.63) is 35.4 Å². The van der Waals surface area contributed by atoms with Crippen molar-refractivity contribution < 1.29 is 5.21 Å². The van der Waals surface area contributed by atoms with Crippen molar-refractivity contribution in [2.75, 3.05) is 0 Å². The van der Waals surface area contributed by atoms with E-state index in [4.69, 9.17) is 0 Å². The maximum absolute atomic E-state index is 10.5. The summed E-state index contributed by atoms with van der Waals surface area (Å²) in [7, 11) is 0. The molecule has 0 saturated heterocycles. The van der Waals surface area contributed by atoms with Crippen LogP contribution in [0.4, 0.5) is 0 Å². The lowest BCUT2D eigenvalue weighted by Crippen LogP contribution is -2.43. The lowest BCUT2D eigenvalue weighted by atomic mass is 9.85. The third-order valence-corrected chi connectivity index (χ3v) is 3.70. The standard InChI is InChI=1S/C18H31NO/c1-13(2)16(19(20)18(6,7)8)14-9-11-15(12-10-14)17(3,4)5/h9-13,16,20H,1-8H3/t16-/m0/s1. The minimum Gasteiger partial charge on any atom is -0.313 e. The molecule has 0 fully saturated rings. The van der Waals surface area contributed by atoms with Crippen LogP contribution in [0, 0.1) is 5.92 Å². The molecule has 1 rings (SSSR count). The Morgan fingerprint density at radius 2 is 1.35 bits per heavy atom. The summed E-state index contributed by atoms with van der Waals surface area (Å²) in [6, 6.07) is 8.69. The molecule has 0 amide bonds. The van der Waals surface area contributed by atoms with Crippen molar-refractivity contribution >= 4 is 0 Å². The fourth-order valence-corrected chi connectivity index (χ4v) is 2.41. The van der Waals surface area contributed by atoms with Crippen LogP contribution in [-0.4, -0.2) is 15.8 Å². The highest BCUT2D eigenvalue weighted by atomic mass is 16.5. The van der Waals surface area contributed by atoms with Crippen molar-refractivity contribution in [3.8, 4) is 0 Å². The minimum atomic E-state index is -0.266. The molecule has 0 aliphatic carbocycles. The number of nitrogens with zero attached hydrogens (tertiary/aromatic N) is 1. The highest BCUT2D eigenvalue weighted by molar-refractivity contribution is 5.29.